The van der Waals surface area contributed by atoms with Gasteiger partial charge in [0.15, 0.2) is 5.96 Å². The maximum Gasteiger partial charge on any atom is 0.191 e. The Kier molecular flexibility index (Phi) is 8.58. The van der Waals surface area contributed by atoms with E-state index in [-0.39, 0.29) is 11.5 Å². The Morgan fingerprint density at radius 3 is 2.71 bits per heavy atom. The molecule has 1 aliphatic rings. The molecule has 6 heteroatoms. The molecule has 28 heavy (non-hydrogen) atoms. The average Bonchev–Trinajstić information content (AvgIpc) is 3.16. The third-order valence-electron chi connectivity index (χ3n) is 5.10. The molecular formula is C22H37N3O3. The van der Waals surface area contributed by atoms with Gasteiger partial charge >= 0.3 is 0 Å². The predicted molar refractivity (Wildman–Crippen MR) is 114 cm³/mol. The number of ether oxygens (including phenoxy) is 3. The lowest BCUT2D eigenvalue weighted by atomic mass is 9.89. The molecule has 0 aromatic heterocycles. The molecule has 0 bridgehead atoms. The van der Waals surface area contributed by atoms with Crippen LogP contribution >= 0.6 is 0 Å². The minimum absolute atomic E-state index is 0.0581. The van der Waals surface area contributed by atoms with Gasteiger partial charge in [0.1, 0.15) is 5.75 Å². The van der Waals surface area contributed by atoms with E-state index >= 15 is 0 Å². The number of nitrogens with zero attached hydrogens (tertiary/aromatic N) is 1. The van der Waals surface area contributed by atoms with E-state index in [1.807, 2.05) is 0 Å². The van der Waals surface area contributed by atoms with Crippen LogP contribution in [0, 0.1) is 18.3 Å². The number of hydrogen-bond donors (Lipinski definition) is 2. The molecule has 1 aliphatic heterocycles. The van der Waals surface area contributed by atoms with Gasteiger partial charge in [-0.25, -0.2) is 0 Å². The summed E-state index contributed by atoms with van der Waals surface area (Å²) in [4.78, 5) is 4.33. The number of benzene rings is 1. The zero-order valence-electron chi connectivity index (χ0n) is 18.3. The highest BCUT2D eigenvalue weighted by Crippen LogP contribution is 2.23. The van der Waals surface area contributed by atoms with Crippen molar-refractivity contribution in [2.24, 2.45) is 16.3 Å². The van der Waals surface area contributed by atoms with E-state index in [0.717, 1.165) is 36.9 Å². The fraction of sp³-hybridized carbons (Fsp3) is 0.682. The van der Waals surface area contributed by atoms with Crippen molar-refractivity contribution in [1.82, 2.24) is 10.6 Å². The second-order valence-electron chi connectivity index (χ2n) is 8.55. The number of methoxy groups -OCH3 is 1. The zero-order chi connectivity index (χ0) is 20.6. The lowest BCUT2D eigenvalue weighted by Gasteiger charge is -2.30. The van der Waals surface area contributed by atoms with Crippen molar-refractivity contribution in [3.05, 3.63) is 29.3 Å². The Balaban J connectivity index is 1.92. The maximum atomic E-state index is 6.13. The summed E-state index contributed by atoms with van der Waals surface area (Å²) in [5.41, 5.74) is 2.37. The van der Waals surface area contributed by atoms with Crippen LogP contribution in [0.25, 0.3) is 0 Å². The fourth-order valence-electron chi connectivity index (χ4n) is 3.20. The second kappa shape index (κ2) is 10.7. The standard InChI is InChI=1S/C22H37N3O3/c1-16-7-8-18(19(11-16)28-15-17-9-10-27-14-17)12-24-21(23-5)25-13-20(26-6)22(2,3)4/h7-8,11,17,20H,9-10,12-15H2,1-6H3,(H2,23,24,25). The number of guanidine groups is 1. The van der Waals surface area contributed by atoms with Crippen molar-refractivity contribution in [1.29, 1.82) is 0 Å². The Bertz CT molecular complexity index is 634. The Labute approximate surface area is 170 Å². The third kappa shape index (κ3) is 6.99. The molecule has 158 valence electrons. The minimum atomic E-state index is 0.0581. The highest BCUT2D eigenvalue weighted by atomic mass is 16.5. The molecule has 2 atom stereocenters. The van der Waals surface area contributed by atoms with Gasteiger partial charge in [0.2, 0.25) is 0 Å². The van der Waals surface area contributed by atoms with Gasteiger partial charge in [-0.05, 0) is 30.4 Å². The van der Waals surface area contributed by atoms with Crippen LogP contribution in [-0.2, 0) is 16.0 Å². The molecule has 1 fully saturated rings. The highest BCUT2D eigenvalue weighted by molar-refractivity contribution is 5.79. The van der Waals surface area contributed by atoms with Gasteiger partial charge in [0.25, 0.3) is 0 Å². The highest BCUT2D eigenvalue weighted by Gasteiger charge is 2.24. The molecule has 0 aliphatic carbocycles. The summed E-state index contributed by atoms with van der Waals surface area (Å²) in [6.07, 6.45) is 1.17. The third-order valence-corrected chi connectivity index (χ3v) is 5.10. The maximum absolute atomic E-state index is 6.13. The largest absolute Gasteiger partial charge is 0.493 e. The van der Waals surface area contributed by atoms with E-state index in [9.17, 15) is 0 Å². The zero-order valence-corrected chi connectivity index (χ0v) is 18.3. The summed E-state index contributed by atoms with van der Waals surface area (Å²) in [5, 5.41) is 6.74. The Morgan fingerprint density at radius 1 is 1.32 bits per heavy atom. The quantitative estimate of drug-likeness (QED) is 0.527. The molecule has 1 aromatic rings. The first kappa shape index (κ1) is 22.5. The molecule has 1 aromatic carbocycles. The van der Waals surface area contributed by atoms with Crippen LogP contribution in [0.15, 0.2) is 23.2 Å². The summed E-state index contributed by atoms with van der Waals surface area (Å²) in [5.74, 6) is 2.17. The van der Waals surface area contributed by atoms with Crippen LogP contribution in [0.5, 0.6) is 5.75 Å². The van der Waals surface area contributed by atoms with Crippen molar-refractivity contribution in [3.63, 3.8) is 0 Å². The van der Waals surface area contributed by atoms with Gasteiger partial charge in [0.05, 0.1) is 19.3 Å². The van der Waals surface area contributed by atoms with Crippen molar-refractivity contribution >= 4 is 5.96 Å². The van der Waals surface area contributed by atoms with Crippen LogP contribution in [0.1, 0.15) is 38.3 Å². The molecule has 0 spiro atoms. The fourth-order valence-corrected chi connectivity index (χ4v) is 3.20. The normalized spacial score (nSPS) is 18.8. The smallest absolute Gasteiger partial charge is 0.191 e. The van der Waals surface area contributed by atoms with E-state index in [1.54, 1.807) is 14.2 Å². The van der Waals surface area contributed by atoms with Crippen LogP contribution in [0.3, 0.4) is 0 Å². The van der Waals surface area contributed by atoms with Gasteiger partial charge < -0.3 is 24.8 Å². The SMILES string of the molecule is CN=C(NCc1ccc(C)cc1OCC1CCOC1)NCC(OC)C(C)(C)C. The number of aliphatic imine (C=N–C) groups is 1. The van der Waals surface area contributed by atoms with Gasteiger partial charge in [-0.15, -0.1) is 0 Å². The summed E-state index contributed by atoms with van der Waals surface area (Å²) >= 11 is 0. The van der Waals surface area contributed by atoms with Gasteiger partial charge in [-0.1, -0.05) is 32.9 Å². The number of aryl methyl sites for hydroxylation is 1. The van der Waals surface area contributed by atoms with Crippen molar-refractivity contribution < 1.29 is 14.2 Å². The first-order valence-corrected chi connectivity index (χ1v) is 10.1. The topological polar surface area (TPSA) is 64.1 Å². The Hall–Kier alpha value is -1.79. The van der Waals surface area contributed by atoms with Crippen LogP contribution in [0.4, 0.5) is 0 Å². The lowest BCUT2D eigenvalue weighted by molar-refractivity contribution is 0.0205. The molecule has 2 unspecified atom stereocenters. The van der Waals surface area contributed by atoms with E-state index < -0.39 is 0 Å². The van der Waals surface area contributed by atoms with Gasteiger partial charge in [0, 0.05) is 45.3 Å². The number of hydrogen-bond acceptors (Lipinski definition) is 4. The molecule has 1 heterocycles. The molecule has 1 saturated heterocycles. The van der Waals surface area contributed by atoms with Gasteiger partial charge in [-0.3, -0.25) is 4.99 Å². The number of rotatable bonds is 8. The van der Waals surface area contributed by atoms with Crippen molar-refractivity contribution in [2.75, 3.05) is 40.5 Å². The lowest BCUT2D eigenvalue weighted by Crippen LogP contribution is -2.45. The Morgan fingerprint density at radius 2 is 2.11 bits per heavy atom. The number of nitrogens with one attached hydrogen (secondary N) is 2. The molecule has 2 rings (SSSR count). The predicted octanol–water partition coefficient (Wildman–Crippen LogP) is 3.14. The molecule has 2 N–H and O–H groups in total. The summed E-state index contributed by atoms with van der Waals surface area (Å²) < 4.78 is 17.2. The summed E-state index contributed by atoms with van der Waals surface area (Å²) in [7, 11) is 3.53. The molecule has 0 saturated carbocycles. The first-order valence-electron chi connectivity index (χ1n) is 10.1. The average molecular weight is 392 g/mol. The van der Waals surface area contributed by atoms with E-state index in [4.69, 9.17) is 14.2 Å². The van der Waals surface area contributed by atoms with Crippen molar-refractivity contribution in [2.45, 2.75) is 46.8 Å². The van der Waals surface area contributed by atoms with Crippen LogP contribution < -0.4 is 15.4 Å². The monoisotopic (exact) mass is 391 g/mol. The first-order chi connectivity index (χ1) is 13.3. The second-order valence-corrected chi connectivity index (χ2v) is 8.55. The van der Waals surface area contributed by atoms with Crippen LogP contribution in [-0.4, -0.2) is 52.6 Å². The van der Waals surface area contributed by atoms with Gasteiger partial charge in [-0.2, -0.15) is 0 Å². The molecular weight excluding hydrogens is 354 g/mol. The van der Waals surface area contributed by atoms with E-state index in [0.29, 0.717) is 25.6 Å². The molecule has 6 nitrogen and oxygen atoms in total. The van der Waals surface area contributed by atoms with Crippen molar-refractivity contribution in [3.8, 4) is 5.75 Å². The van der Waals surface area contributed by atoms with E-state index in [1.165, 1.54) is 5.56 Å². The molecule has 0 amide bonds. The summed E-state index contributed by atoms with van der Waals surface area (Å²) in [6, 6.07) is 6.33. The minimum Gasteiger partial charge on any atom is -0.493 e. The molecule has 0 radical (unpaired) electrons. The summed E-state index contributed by atoms with van der Waals surface area (Å²) in [6.45, 7) is 12.3. The van der Waals surface area contributed by atoms with Crippen LogP contribution in [0.2, 0.25) is 0 Å². The van der Waals surface area contributed by atoms with E-state index in [2.05, 4.69) is 61.5 Å².